The molecule has 2 heterocycles. The van der Waals surface area contributed by atoms with Crippen molar-refractivity contribution in [2.24, 2.45) is 5.92 Å². The van der Waals surface area contributed by atoms with Crippen molar-refractivity contribution >= 4 is 21.5 Å². The van der Waals surface area contributed by atoms with Crippen molar-refractivity contribution in [3.05, 3.63) is 59.9 Å². The molecule has 1 aliphatic heterocycles. The summed E-state index contributed by atoms with van der Waals surface area (Å²) in [6.07, 6.45) is 8.36. The van der Waals surface area contributed by atoms with Crippen molar-refractivity contribution in [3.63, 3.8) is 0 Å². The van der Waals surface area contributed by atoms with Gasteiger partial charge in [0.25, 0.3) is 0 Å². The van der Waals surface area contributed by atoms with Crippen LogP contribution in [0.2, 0.25) is 0 Å². The Hall–Kier alpha value is -2.75. The fourth-order valence-electron chi connectivity index (χ4n) is 4.76. The molecule has 0 fully saturated rings. The van der Waals surface area contributed by atoms with Gasteiger partial charge in [0.1, 0.15) is 16.7 Å². The van der Waals surface area contributed by atoms with Gasteiger partial charge in [-0.15, -0.1) is 0 Å². The van der Waals surface area contributed by atoms with E-state index in [0.29, 0.717) is 12.3 Å². The minimum Gasteiger partial charge on any atom is -0.487 e. The van der Waals surface area contributed by atoms with E-state index in [0.717, 1.165) is 30.4 Å². The van der Waals surface area contributed by atoms with E-state index in [1.165, 1.54) is 9.88 Å². The molecule has 0 unspecified atom stereocenters. The third-order valence-electron chi connectivity index (χ3n) is 7.06. The standard InChI is InChI=1S/C27H35N3O5S/c1-19-16-30(20(2)18-31)36(33,34)26-9-8-23(22-6-4-5-7-22)15-24(26)35-25(19)17-29(3)27(32)14-21-10-12-28-13-11-21/h6,8-13,15,19-20,25,31H,4-5,7,14,16-18H2,1-3H3/t19-,20+,25-/m0/s1. The summed E-state index contributed by atoms with van der Waals surface area (Å²) in [6, 6.07) is 8.30. The van der Waals surface area contributed by atoms with Gasteiger partial charge in [-0.25, -0.2) is 8.42 Å². The topological polar surface area (TPSA) is 100 Å². The summed E-state index contributed by atoms with van der Waals surface area (Å²) in [5, 5.41) is 9.83. The van der Waals surface area contributed by atoms with Crippen molar-refractivity contribution in [1.29, 1.82) is 0 Å². The van der Waals surface area contributed by atoms with Crippen LogP contribution < -0.4 is 4.74 Å². The number of likely N-dealkylation sites (N-methyl/N-ethyl adjacent to an activating group) is 1. The van der Waals surface area contributed by atoms with Crippen LogP contribution in [0.25, 0.3) is 5.57 Å². The number of nitrogens with zero attached hydrogens (tertiary/aromatic N) is 3. The highest BCUT2D eigenvalue weighted by Crippen LogP contribution is 2.37. The van der Waals surface area contributed by atoms with Gasteiger partial charge < -0.3 is 14.7 Å². The van der Waals surface area contributed by atoms with Crippen LogP contribution in [-0.2, 0) is 21.2 Å². The molecule has 1 aromatic carbocycles. The molecule has 1 aliphatic carbocycles. The predicted octanol–water partition coefficient (Wildman–Crippen LogP) is 3.12. The SMILES string of the molecule is C[C@H](CO)N1C[C@H](C)[C@H](CN(C)C(=O)Cc2ccncc2)Oc2cc(C3=CCCC3)ccc2S1(=O)=O. The number of carbonyl (C=O) groups is 1. The van der Waals surface area contributed by atoms with Crippen LogP contribution in [0.4, 0.5) is 0 Å². The number of aliphatic hydroxyl groups excluding tert-OH is 1. The lowest BCUT2D eigenvalue weighted by atomic mass is 10.0. The third-order valence-corrected chi connectivity index (χ3v) is 9.08. The van der Waals surface area contributed by atoms with Crippen LogP contribution in [0.15, 0.2) is 53.7 Å². The maximum atomic E-state index is 13.6. The normalized spacial score (nSPS) is 22.5. The number of hydrogen-bond donors (Lipinski definition) is 1. The molecule has 3 atom stereocenters. The molecule has 0 radical (unpaired) electrons. The van der Waals surface area contributed by atoms with Gasteiger partial charge >= 0.3 is 0 Å². The number of fused-ring (bicyclic) bond motifs is 1. The number of sulfonamides is 1. The number of amides is 1. The lowest BCUT2D eigenvalue weighted by Crippen LogP contribution is -2.50. The van der Waals surface area contributed by atoms with Gasteiger partial charge in [0, 0.05) is 37.9 Å². The third kappa shape index (κ3) is 5.63. The monoisotopic (exact) mass is 513 g/mol. The van der Waals surface area contributed by atoms with Crippen molar-refractivity contribution < 1.29 is 23.1 Å². The molecule has 0 saturated heterocycles. The number of rotatable bonds is 7. The van der Waals surface area contributed by atoms with Crippen molar-refractivity contribution in [2.45, 2.75) is 56.6 Å². The summed E-state index contributed by atoms with van der Waals surface area (Å²) in [4.78, 5) is 18.7. The van der Waals surface area contributed by atoms with Crippen LogP contribution in [-0.4, -0.2) is 72.5 Å². The Morgan fingerprint density at radius 1 is 1.28 bits per heavy atom. The van der Waals surface area contributed by atoms with Crippen LogP contribution >= 0.6 is 0 Å². The zero-order chi connectivity index (χ0) is 25.9. The first-order valence-electron chi connectivity index (χ1n) is 12.5. The highest BCUT2D eigenvalue weighted by atomic mass is 32.2. The first-order chi connectivity index (χ1) is 17.2. The summed E-state index contributed by atoms with van der Waals surface area (Å²) < 4.78 is 35.1. The quantitative estimate of drug-likeness (QED) is 0.611. The Morgan fingerprint density at radius 3 is 2.69 bits per heavy atom. The number of hydrogen-bond acceptors (Lipinski definition) is 6. The fraction of sp³-hybridized carbons (Fsp3) is 0.481. The number of carbonyl (C=O) groups excluding carboxylic acids is 1. The number of ether oxygens (including phenoxy) is 1. The van der Waals surface area contributed by atoms with Gasteiger partial charge in [0.2, 0.25) is 15.9 Å². The van der Waals surface area contributed by atoms with Crippen molar-refractivity contribution in [3.8, 4) is 5.75 Å². The van der Waals surface area contributed by atoms with E-state index in [9.17, 15) is 18.3 Å². The Kier molecular flexibility index (Phi) is 8.12. The number of aliphatic hydroxyl groups is 1. The molecule has 2 aliphatic rings. The van der Waals surface area contributed by atoms with E-state index in [2.05, 4.69) is 11.1 Å². The van der Waals surface area contributed by atoms with E-state index < -0.39 is 22.2 Å². The Labute approximate surface area is 213 Å². The van der Waals surface area contributed by atoms with Gasteiger partial charge in [-0.05, 0) is 67.2 Å². The molecular formula is C27H35N3O5S. The highest BCUT2D eigenvalue weighted by Gasteiger charge is 2.38. The first kappa shape index (κ1) is 26.3. The molecule has 2 aromatic rings. The molecule has 194 valence electrons. The Bertz CT molecular complexity index is 1220. The van der Waals surface area contributed by atoms with Gasteiger partial charge in [-0.2, -0.15) is 4.31 Å². The molecule has 1 aromatic heterocycles. The molecule has 1 amide bonds. The molecule has 8 nitrogen and oxygen atoms in total. The highest BCUT2D eigenvalue weighted by molar-refractivity contribution is 7.89. The molecule has 9 heteroatoms. The summed E-state index contributed by atoms with van der Waals surface area (Å²) >= 11 is 0. The average Bonchev–Trinajstić information content (AvgIpc) is 3.41. The number of allylic oxidation sites excluding steroid dienone is 2. The predicted molar refractivity (Wildman–Crippen MR) is 138 cm³/mol. The first-order valence-corrected chi connectivity index (χ1v) is 13.9. The number of benzene rings is 1. The number of aromatic nitrogens is 1. The molecule has 4 rings (SSSR count). The van der Waals surface area contributed by atoms with E-state index in [1.54, 1.807) is 37.3 Å². The van der Waals surface area contributed by atoms with Crippen LogP contribution in [0, 0.1) is 5.92 Å². The van der Waals surface area contributed by atoms with E-state index in [1.807, 2.05) is 31.2 Å². The maximum Gasteiger partial charge on any atom is 0.247 e. The zero-order valence-electron chi connectivity index (χ0n) is 21.1. The molecule has 0 spiro atoms. The molecular weight excluding hydrogens is 478 g/mol. The van der Waals surface area contributed by atoms with Gasteiger partial charge in [0.05, 0.1) is 19.6 Å². The second-order valence-electron chi connectivity index (χ2n) is 9.83. The summed E-state index contributed by atoms with van der Waals surface area (Å²) in [6.45, 7) is 3.81. The molecule has 0 bridgehead atoms. The molecule has 1 N–H and O–H groups in total. The Morgan fingerprint density at radius 2 is 2.03 bits per heavy atom. The van der Waals surface area contributed by atoms with Crippen molar-refractivity contribution in [1.82, 2.24) is 14.2 Å². The number of pyridine rings is 1. The second kappa shape index (κ2) is 11.1. The molecule has 36 heavy (non-hydrogen) atoms. The smallest absolute Gasteiger partial charge is 0.247 e. The summed E-state index contributed by atoms with van der Waals surface area (Å²) in [5.41, 5.74) is 3.02. The lowest BCUT2D eigenvalue weighted by molar-refractivity contribution is -0.130. The fourth-order valence-corrected chi connectivity index (χ4v) is 6.58. The van der Waals surface area contributed by atoms with Crippen LogP contribution in [0.3, 0.4) is 0 Å². The van der Waals surface area contributed by atoms with E-state index in [-0.39, 0.29) is 36.3 Å². The van der Waals surface area contributed by atoms with Gasteiger partial charge in [-0.1, -0.05) is 19.1 Å². The maximum absolute atomic E-state index is 13.6. The van der Waals surface area contributed by atoms with Crippen LogP contribution in [0.1, 0.15) is 44.2 Å². The second-order valence-corrected chi connectivity index (χ2v) is 11.7. The lowest BCUT2D eigenvalue weighted by Gasteiger charge is -2.37. The minimum atomic E-state index is -3.89. The molecule has 0 saturated carbocycles. The zero-order valence-corrected chi connectivity index (χ0v) is 21.9. The van der Waals surface area contributed by atoms with Crippen molar-refractivity contribution in [2.75, 3.05) is 26.7 Å². The summed E-state index contributed by atoms with van der Waals surface area (Å²) in [7, 11) is -2.15. The average molecular weight is 514 g/mol. The van der Waals surface area contributed by atoms with E-state index >= 15 is 0 Å². The largest absolute Gasteiger partial charge is 0.487 e. The summed E-state index contributed by atoms with van der Waals surface area (Å²) in [5.74, 6) is 0.00627. The van der Waals surface area contributed by atoms with E-state index in [4.69, 9.17) is 4.74 Å². The minimum absolute atomic E-state index is 0.0580. The Balaban J connectivity index is 1.66. The van der Waals surface area contributed by atoms with Crippen LogP contribution in [0.5, 0.6) is 5.75 Å². The van der Waals surface area contributed by atoms with Gasteiger partial charge in [0.15, 0.2) is 0 Å². The van der Waals surface area contributed by atoms with Gasteiger partial charge in [-0.3, -0.25) is 9.78 Å².